The third kappa shape index (κ3) is 15.4. The molecule has 0 aliphatic rings. The van der Waals surface area contributed by atoms with Gasteiger partial charge < -0.3 is 0 Å². The topological polar surface area (TPSA) is 55.8 Å². The fraction of sp³-hybridized carbons (Fsp3) is 1.00. The molecule has 1 N–H and O–H groups in total. The zero-order chi connectivity index (χ0) is 19.7. The van der Waals surface area contributed by atoms with Crippen LogP contribution in [0, 0.1) is 23.7 Å². The molecule has 0 aromatic heterocycles. The normalized spacial score (nSPS) is 19.9. The van der Waals surface area contributed by atoms with Gasteiger partial charge in [0.05, 0.1) is 0 Å². The van der Waals surface area contributed by atoms with Crippen molar-refractivity contribution in [2.75, 3.05) is 13.2 Å². The summed E-state index contributed by atoms with van der Waals surface area (Å²) < 4.78 is 22.3. The molecule has 5 unspecified atom stereocenters. The Morgan fingerprint density at radius 1 is 0.880 bits per heavy atom. The summed E-state index contributed by atoms with van der Waals surface area (Å²) in [6.45, 7) is 11.9. The first-order valence-electron chi connectivity index (χ1n) is 9.77. The second-order valence-corrected chi connectivity index (χ2v) is 21.1. The van der Waals surface area contributed by atoms with Crippen molar-refractivity contribution in [1.29, 1.82) is 0 Å². The Labute approximate surface area is 159 Å². The Bertz CT molecular complexity index is 397. The van der Waals surface area contributed by atoms with E-state index in [4.69, 9.17) is 9.05 Å². The van der Waals surface area contributed by atoms with Gasteiger partial charge in [-0.3, -0.25) is 0 Å². The summed E-state index contributed by atoms with van der Waals surface area (Å²) in [6.07, 6.45) is 4.75. The van der Waals surface area contributed by atoms with Crippen LogP contribution in [-0.4, -0.2) is 31.7 Å². The van der Waals surface area contributed by atoms with E-state index in [0.29, 0.717) is 12.5 Å². The first-order chi connectivity index (χ1) is 11.3. The van der Waals surface area contributed by atoms with Gasteiger partial charge in [-0.2, -0.15) is 0 Å². The average molecular weight is 441 g/mol. The summed E-state index contributed by atoms with van der Waals surface area (Å²) >= 11 is -1.59. The Morgan fingerprint density at radius 3 is 1.84 bits per heavy atom. The van der Waals surface area contributed by atoms with E-state index in [1.165, 1.54) is 19.3 Å². The molecule has 0 spiro atoms. The predicted molar refractivity (Wildman–Crippen MR) is 111 cm³/mol. The van der Waals surface area contributed by atoms with Crippen LogP contribution in [0.15, 0.2) is 0 Å². The number of hydrogen-bond acceptors (Lipinski definition) is 3. The Balaban J connectivity index is 4.07. The van der Waals surface area contributed by atoms with E-state index in [1.54, 1.807) is 0 Å². The molecule has 0 heterocycles. The Kier molecular flexibility index (Phi) is 12.5. The van der Waals surface area contributed by atoms with E-state index >= 15 is 0 Å². The van der Waals surface area contributed by atoms with Crippen LogP contribution in [0.2, 0.25) is 22.3 Å². The third-order valence-corrected chi connectivity index (χ3v) is 8.83. The van der Waals surface area contributed by atoms with Gasteiger partial charge in [0.15, 0.2) is 0 Å². The second kappa shape index (κ2) is 12.2. The number of phosphoric ester groups is 1. The molecule has 5 atom stereocenters. The van der Waals surface area contributed by atoms with Gasteiger partial charge in [0, 0.05) is 0 Å². The quantitative estimate of drug-likeness (QED) is 0.244. The van der Waals surface area contributed by atoms with Crippen molar-refractivity contribution in [2.24, 2.45) is 23.7 Å². The predicted octanol–water partition coefficient (Wildman–Crippen LogP) is 6.58. The minimum absolute atomic E-state index is 0.258. The van der Waals surface area contributed by atoms with Crippen LogP contribution >= 0.6 is 7.82 Å². The van der Waals surface area contributed by atoms with Gasteiger partial charge in [0.25, 0.3) is 0 Å². The maximum absolute atomic E-state index is 12.0. The SMILES string of the molecule is CCC(C)CC(C)CC(C)CC(C)COP(=O)(O)OCC[As](C)(C)C. The number of phosphoric acid groups is 1. The number of rotatable bonds is 14. The molecule has 0 aromatic rings. The summed E-state index contributed by atoms with van der Waals surface area (Å²) in [6, 6.07) is 0. The maximum atomic E-state index is 12.0. The summed E-state index contributed by atoms with van der Waals surface area (Å²) in [7, 11) is -3.90. The summed E-state index contributed by atoms with van der Waals surface area (Å²) in [5.41, 5.74) is 6.74. The molecule has 4 nitrogen and oxygen atoms in total. The molecule has 1 radical (unpaired) electrons. The molecule has 0 rings (SSSR count). The van der Waals surface area contributed by atoms with E-state index in [0.717, 1.165) is 23.5 Å². The molecule has 0 bridgehead atoms. The Hall–Kier alpha value is 0.668. The van der Waals surface area contributed by atoms with Crippen molar-refractivity contribution in [1.82, 2.24) is 0 Å². The number of hydrogen-bond donors (Lipinski definition) is 1. The molecule has 25 heavy (non-hydrogen) atoms. The van der Waals surface area contributed by atoms with Crippen molar-refractivity contribution < 1.29 is 18.5 Å². The molecule has 153 valence electrons. The molecular formula is C19H43AsO4P. The van der Waals surface area contributed by atoms with Crippen LogP contribution in [0.3, 0.4) is 0 Å². The van der Waals surface area contributed by atoms with Gasteiger partial charge in [-0.25, -0.2) is 0 Å². The standard InChI is InChI=1S/C19H43AsO4P/c1-9-16(2)12-17(3)13-18(4)14-19(5)15-24-25(21,22)23-11-10-20(6,7)8/h16-19H,9-15H2,1-8H3,(H,21,22). The fourth-order valence-electron chi connectivity index (χ4n) is 3.18. The molecule has 0 saturated heterocycles. The first kappa shape index (κ1) is 25.7. The van der Waals surface area contributed by atoms with Crippen molar-refractivity contribution in [3.8, 4) is 0 Å². The van der Waals surface area contributed by atoms with E-state index in [9.17, 15) is 9.46 Å². The van der Waals surface area contributed by atoms with Crippen LogP contribution in [0.1, 0.15) is 60.3 Å². The summed E-state index contributed by atoms with van der Waals surface area (Å²) in [5.74, 6) is 2.38. The van der Waals surface area contributed by atoms with E-state index in [1.807, 2.05) is 0 Å². The monoisotopic (exact) mass is 441 g/mol. The molecule has 0 saturated carbocycles. The van der Waals surface area contributed by atoms with E-state index in [2.05, 4.69) is 51.8 Å². The molecule has 0 fully saturated rings. The summed E-state index contributed by atoms with van der Waals surface area (Å²) in [4.78, 5) is 9.80. The zero-order valence-corrected chi connectivity index (χ0v) is 20.6. The van der Waals surface area contributed by atoms with Crippen molar-refractivity contribution in [3.63, 3.8) is 0 Å². The minimum atomic E-state index is -3.90. The zero-order valence-electron chi connectivity index (χ0n) is 17.8. The molecule has 6 heteroatoms. The van der Waals surface area contributed by atoms with Crippen LogP contribution < -0.4 is 0 Å². The van der Waals surface area contributed by atoms with Crippen LogP contribution in [-0.2, 0) is 13.6 Å². The Morgan fingerprint density at radius 2 is 1.36 bits per heavy atom. The van der Waals surface area contributed by atoms with Crippen LogP contribution in [0.4, 0.5) is 0 Å². The van der Waals surface area contributed by atoms with E-state index < -0.39 is 21.4 Å². The van der Waals surface area contributed by atoms with E-state index in [-0.39, 0.29) is 12.5 Å². The molecule has 0 aliphatic carbocycles. The van der Waals surface area contributed by atoms with Crippen molar-refractivity contribution in [2.45, 2.75) is 82.6 Å². The van der Waals surface area contributed by atoms with Gasteiger partial charge in [-0.05, 0) is 5.92 Å². The molecule has 0 aliphatic heterocycles. The van der Waals surface area contributed by atoms with Gasteiger partial charge in [-0.15, -0.1) is 0 Å². The third-order valence-electron chi connectivity index (χ3n) is 4.65. The molecular weight excluding hydrogens is 398 g/mol. The van der Waals surface area contributed by atoms with Gasteiger partial charge in [0.2, 0.25) is 0 Å². The van der Waals surface area contributed by atoms with Crippen LogP contribution in [0.5, 0.6) is 0 Å². The van der Waals surface area contributed by atoms with Crippen LogP contribution in [0.25, 0.3) is 0 Å². The second-order valence-electron chi connectivity index (χ2n) is 9.15. The average Bonchev–Trinajstić information content (AvgIpc) is 2.43. The first-order valence-corrected chi connectivity index (χ1v) is 18.2. The summed E-state index contributed by atoms with van der Waals surface area (Å²) in [5, 5.41) is 0.896. The van der Waals surface area contributed by atoms with Crippen molar-refractivity contribution in [3.05, 3.63) is 0 Å². The van der Waals surface area contributed by atoms with Gasteiger partial charge in [-0.1, -0.05) is 20.3 Å². The fourth-order valence-corrected chi connectivity index (χ4v) is 5.67. The molecule has 0 amide bonds. The van der Waals surface area contributed by atoms with Crippen molar-refractivity contribution >= 4 is 21.4 Å². The van der Waals surface area contributed by atoms with Gasteiger partial charge >= 0.3 is 133 Å². The molecule has 0 aromatic carbocycles. The van der Waals surface area contributed by atoms with Gasteiger partial charge in [0.1, 0.15) is 0 Å².